The average molecular weight is 266 g/mol. The number of oxime groups is 1. The molecule has 0 aliphatic carbocycles. The summed E-state index contributed by atoms with van der Waals surface area (Å²) in [6.45, 7) is 0.640. The van der Waals surface area contributed by atoms with E-state index in [-0.39, 0.29) is 5.84 Å². The van der Waals surface area contributed by atoms with Crippen molar-refractivity contribution >= 4 is 16.7 Å². The van der Waals surface area contributed by atoms with E-state index in [0.717, 1.165) is 16.5 Å². The lowest BCUT2D eigenvalue weighted by atomic mass is 10.1. The van der Waals surface area contributed by atoms with E-state index in [1.807, 2.05) is 53.2 Å². The van der Waals surface area contributed by atoms with Crippen molar-refractivity contribution in [3.8, 4) is 0 Å². The van der Waals surface area contributed by atoms with Crippen LogP contribution in [0.15, 0.2) is 60.0 Å². The molecule has 0 fully saturated rings. The minimum absolute atomic E-state index is 0.105. The van der Waals surface area contributed by atoms with Gasteiger partial charge in [-0.2, -0.15) is 0 Å². The van der Waals surface area contributed by atoms with Gasteiger partial charge in [-0.1, -0.05) is 23.4 Å². The number of pyridine rings is 1. The first-order valence-corrected chi connectivity index (χ1v) is 6.25. The highest BCUT2D eigenvalue weighted by atomic mass is 16.4. The van der Waals surface area contributed by atoms with Gasteiger partial charge in [0, 0.05) is 24.3 Å². The van der Waals surface area contributed by atoms with Gasteiger partial charge in [0.2, 0.25) is 0 Å². The Labute approximate surface area is 116 Å². The molecule has 0 spiro atoms. The summed E-state index contributed by atoms with van der Waals surface area (Å²) in [6, 6.07) is 13.7. The van der Waals surface area contributed by atoms with Gasteiger partial charge in [0.05, 0.1) is 11.2 Å². The second kappa shape index (κ2) is 5.05. The van der Waals surface area contributed by atoms with E-state index in [9.17, 15) is 0 Å². The Balaban J connectivity index is 2.04. The molecule has 0 amide bonds. The lowest BCUT2D eigenvalue weighted by Gasteiger charge is -2.10. The smallest absolute Gasteiger partial charge is 0.186 e. The van der Waals surface area contributed by atoms with E-state index in [1.54, 1.807) is 6.20 Å². The van der Waals surface area contributed by atoms with Crippen molar-refractivity contribution < 1.29 is 5.21 Å². The number of nitrogens with two attached hydrogens (primary N) is 1. The number of rotatable bonds is 3. The molecule has 0 radical (unpaired) electrons. The van der Waals surface area contributed by atoms with Gasteiger partial charge < -0.3 is 15.5 Å². The SMILES string of the molecule is N/C(=N/O)c1cccn1Cc1ccnc2ccccc12. The predicted molar refractivity (Wildman–Crippen MR) is 77.8 cm³/mol. The summed E-state index contributed by atoms with van der Waals surface area (Å²) in [5.74, 6) is 0.105. The number of nitrogens with zero attached hydrogens (tertiary/aromatic N) is 3. The summed E-state index contributed by atoms with van der Waals surface area (Å²) in [5.41, 5.74) is 8.46. The number of aromatic nitrogens is 2. The Morgan fingerprint density at radius 3 is 2.90 bits per heavy atom. The van der Waals surface area contributed by atoms with Crippen molar-refractivity contribution in [3.63, 3.8) is 0 Å². The number of amidine groups is 1. The third kappa shape index (κ3) is 2.09. The lowest BCUT2D eigenvalue weighted by molar-refractivity contribution is 0.318. The molecular formula is C15H14N4O. The molecule has 3 aromatic rings. The van der Waals surface area contributed by atoms with Crippen LogP contribution in [0.3, 0.4) is 0 Å². The monoisotopic (exact) mass is 266 g/mol. The normalized spacial score (nSPS) is 11.9. The van der Waals surface area contributed by atoms with Crippen molar-refractivity contribution in [1.29, 1.82) is 0 Å². The van der Waals surface area contributed by atoms with E-state index >= 15 is 0 Å². The quantitative estimate of drug-likeness (QED) is 0.330. The van der Waals surface area contributed by atoms with Crippen LogP contribution in [-0.2, 0) is 6.54 Å². The Bertz CT molecular complexity index is 771. The molecule has 0 aliphatic rings. The summed E-state index contributed by atoms with van der Waals surface area (Å²) in [7, 11) is 0. The summed E-state index contributed by atoms with van der Waals surface area (Å²) >= 11 is 0. The fourth-order valence-electron chi connectivity index (χ4n) is 2.31. The third-order valence-corrected chi connectivity index (χ3v) is 3.28. The second-order valence-corrected chi connectivity index (χ2v) is 4.49. The van der Waals surface area contributed by atoms with Crippen LogP contribution in [0.2, 0.25) is 0 Å². The number of hydrogen-bond acceptors (Lipinski definition) is 3. The summed E-state index contributed by atoms with van der Waals surface area (Å²) < 4.78 is 1.94. The standard InChI is InChI=1S/C15H14N4O/c16-15(18-20)14-6-3-9-19(14)10-11-7-8-17-13-5-2-1-4-12(11)13/h1-9,20H,10H2,(H2,16,18). The van der Waals surface area contributed by atoms with Crippen LogP contribution in [0.4, 0.5) is 0 Å². The number of para-hydroxylation sites is 1. The molecule has 100 valence electrons. The highest BCUT2D eigenvalue weighted by molar-refractivity contribution is 5.95. The van der Waals surface area contributed by atoms with Crippen LogP contribution in [-0.4, -0.2) is 20.6 Å². The largest absolute Gasteiger partial charge is 0.409 e. The van der Waals surface area contributed by atoms with Gasteiger partial charge in [-0.25, -0.2) is 0 Å². The van der Waals surface area contributed by atoms with E-state index in [0.29, 0.717) is 12.2 Å². The van der Waals surface area contributed by atoms with Crippen LogP contribution in [0, 0.1) is 0 Å². The Hall–Kier alpha value is -2.82. The van der Waals surface area contributed by atoms with Gasteiger partial charge in [0.15, 0.2) is 5.84 Å². The van der Waals surface area contributed by atoms with Crippen molar-refractivity contribution in [2.24, 2.45) is 10.9 Å². The van der Waals surface area contributed by atoms with E-state index in [1.165, 1.54) is 0 Å². The van der Waals surface area contributed by atoms with Crippen molar-refractivity contribution in [3.05, 3.63) is 66.1 Å². The molecule has 0 atom stereocenters. The van der Waals surface area contributed by atoms with Crippen molar-refractivity contribution in [1.82, 2.24) is 9.55 Å². The first-order chi connectivity index (χ1) is 9.79. The van der Waals surface area contributed by atoms with Crippen LogP contribution in [0.25, 0.3) is 10.9 Å². The Kier molecular flexibility index (Phi) is 3.09. The predicted octanol–water partition coefficient (Wildman–Crippen LogP) is 2.18. The Morgan fingerprint density at radius 2 is 2.05 bits per heavy atom. The van der Waals surface area contributed by atoms with Crippen molar-refractivity contribution in [2.75, 3.05) is 0 Å². The molecule has 3 N–H and O–H groups in total. The molecule has 3 rings (SSSR count). The molecule has 5 nitrogen and oxygen atoms in total. The molecule has 1 aromatic carbocycles. The molecular weight excluding hydrogens is 252 g/mol. The van der Waals surface area contributed by atoms with Gasteiger partial charge in [-0.3, -0.25) is 4.98 Å². The molecule has 0 bridgehead atoms. The molecule has 2 heterocycles. The van der Waals surface area contributed by atoms with E-state index in [4.69, 9.17) is 10.9 Å². The van der Waals surface area contributed by atoms with Gasteiger partial charge >= 0.3 is 0 Å². The molecule has 2 aromatic heterocycles. The van der Waals surface area contributed by atoms with Gasteiger partial charge in [-0.15, -0.1) is 0 Å². The van der Waals surface area contributed by atoms with Crippen LogP contribution >= 0.6 is 0 Å². The zero-order valence-corrected chi connectivity index (χ0v) is 10.8. The van der Waals surface area contributed by atoms with Crippen molar-refractivity contribution in [2.45, 2.75) is 6.54 Å². The molecule has 5 heteroatoms. The first-order valence-electron chi connectivity index (χ1n) is 6.25. The maximum Gasteiger partial charge on any atom is 0.186 e. The van der Waals surface area contributed by atoms with Gasteiger partial charge in [-0.05, 0) is 29.8 Å². The van der Waals surface area contributed by atoms with Gasteiger partial charge in [0.1, 0.15) is 0 Å². The fourth-order valence-corrected chi connectivity index (χ4v) is 2.31. The highest BCUT2D eigenvalue weighted by Gasteiger charge is 2.08. The maximum absolute atomic E-state index is 8.81. The first kappa shape index (κ1) is 12.2. The Morgan fingerprint density at radius 1 is 1.20 bits per heavy atom. The molecule has 0 saturated carbocycles. The third-order valence-electron chi connectivity index (χ3n) is 3.28. The van der Waals surface area contributed by atoms with Crippen LogP contribution in [0.1, 0.15) is 11.3 Å². The minimum Gasteiger partial charge on any atom is -0.409 e. The van der Waals surface area contributed by atoms with Gasteiger partial charge in [0.25, 0.3) is 0 Å². The summed E-state index contributed by atoms with van der Waals surface area (Å²) in [5, 5.41) is 13.0. The zero-order chi connectivity index (χ0) is 13.9. The zero-order valence-electron chi connectivity index (χ0n) is 10.8. The molecule has 0 unspecified atom stereocenters. The number of benzene rings is 1. The number of hydrogen-bond donors (Lipinski definition) is 2. The topological polar surface area (TPSA) is 76.4 Å². The molecule has 0 aliphatic heterocycles. The average Bonchev–Trinajstić information content (AvgIpc) is 2.95. The fraction of sp³-hybridized carbons (Fsp3) is 0.0667. The molecule has 20 heavy (non-hydrogen) atoms. The number of fused-ring (bicyclic) bond motifs is 1. The van der Waals surface area contributed by atoms with E-state index < -0.39 is 0 Å². The minimum atomic E-state index is 0.105. The molecule has 0 saturated heterocycles. The van der Waals surface area contributed by atoms with Crippen LogP contribution in [0.5, 0.6) is 0 Å². The van der Waals surface area contributed by atoms with E-state index in [2.05, 4.69) is 10.1 Å². The second-order valence-electron chi connectivity index (χ2n) is 4.49. The lowest BCUT2D eigenvalue weighted by Crippen LogP contribution is -2.18. The maximum atomic E-state index is 8.81. The highest BCUT2D eigenvalue weighted by Crippen LogP contribution is 2.18. The van der Waals surface area contributed by atoms with Crippen LogP contribution < -0.4 is 5.73 Å². The summed E-state index contributed by atoms with van der Waals surface area (Å²) in [6.07, 6.45) is 3.70. The summed E-state index contributed by atoms with van der Waals surface area (Å²) in [4.78, 5) is 4.35.